The topological polar surface area (TPSA) is 73.1 Å². The van der Waals surface area contributed by atoms with Gasteiger partial charge in [-0.3, -0.25) is 5.43 Å². The standard InChI is InChI=1S/C12H13FN4O/c1-7-3-4-9(5-8(7)2)18-11-10(13)6-15-12(16-11)17-14/h3-6H,14H2,1-2H3,(H,15,16,17). The zero-order valence-electron chi connectivity index (χ0n) is 10.1. The molecule has 0 atom stereocenters. The van der Waals surface area contributed by atoms with Gasteiger partial charge in [-0.2, -0.15) is 9.37 Å². The van der Waals surface area contributed by atoms with Gasteiger partial charge < -0.3 is 4.74 Å². The summed E-state index contributed by atoms with van der Waals surface area (Å²) in [5.41, 5.74) is 4.42. The van der Waals surface area contributed by atoms with Crippen molar-refractivity contribution in [2.45, 2.75) is 13.8 Å². The van der Waals surface area contributed by atoms with Gasteiger partial charge in [0.15, 0.2) is 0 Å². The number of aromatic nitrogens is 2. The first kappa shape index (κ1) is 12.3. The Morgan fingerprint density at radius 1 is 1.28 bits per heavy atom. The molecule has 0 saturated heterocycles. The second kappa shape index (κ2) is 4.97. The van der Waals surface area contributed by atoms with E-state index in [2.05, 4.69) is 15.4 Å². The highest BCUT2D eigenvalue weighted by atomic mass is 19.1. The summed E-state index contributed by atoms with van der Waals surface area (Å²) in [6.07, 6.45) is 0.999. The van der Waals surface area contributed by atoms with Crippen LogP contribution in [0.3, 0.4) is 0 Å². The number of nitrogens with one attached hydrogen (secondary N) is 1. The number of anilines is 1. The van der Waals surface area contributed by atoms with Crippen LogP contribution in [0.15, 0.2) is 24.4 Å². The monoisotopic (exact) mass is 248 g/mol. The Balaban J connectivity index is 2.30. The Morgan fingerprint density at radius 3 is 2.72 bits per heavy atom. The molecule has 0 unspecified atom stereocenters. The van der Waals surface area contributed by atoms with E-state index in [1.54, 1.807) is 6.07 Å². The van der Waals surface area contributed by atoms with Crippen LogP contribution >= 0.6 is 0 Å². The Kier molecular flexibility index (Phi) is 3.38. The number of hydrazine groups is 1. The average Bonchev–Trinajstić information content (AvgIpc) is 2.36. The minimum atomic E-state index is -0.646. The maximum atomic E-state index is 13.5. The molecule has 0 fully saturated rings. The van der Waals surface area contributed by atoms with E-state index in [1.165, 1.54) is 0 Å². The lowest BCUT2D eigenvalue weighted by Crippen LogP contribution is -2.11. The highest BCUT2D eigenvalue weighted by molar-refractivity contribution is 5.37. The first-order chi connectivity index (χ1) is 8.60. The molecule has 0 amide bonds. The van der Waals surface area contributed by atoms with Gasteiger partial charge >= 0.3 is 0 Å². The molecule has 0 aliphatic rings. The lowest BCUT2D eigenvalue weighted by molar-refractivity contribution is 0.420. The Bertz CT molecular complexity index is 574. The largest absolute Gasteiger partial charge is 0.436 e. The first-order valence-electron chi connectivity index (χ1n) is 5.34. The smallest absolute Gasteiger partial charge is 0.260 e. The molecule has 6 heteroatoms. The van der Waals surface area contributed by atoms with Gasteiger partial charge in [-0.1, -0.05) is 6.07 Å². The number of hydrogen-bond acceptors (Lipinski definition) is 5. The molecule has 3 N–H and O–H groups in total. The van der Waals surface area contributed by atoms with Crippen LogP contribution in [0.1, 0.15) is 11.1 Å². The number of rotatable bonds is 3. The predicted octanol–water partition coefficient (Wildman–Crippen LogP) is 2.31. The van der Waals surface area contributed by atoms with Crippen molar-refractivity contribution >= 4 is 5.95 Å². The van der Waals surface area contributed by atoms with Crippen LogP contribution in [0, 0.1) is 19.7 Å². The molecule has 0 bridgehead atoms. The third-order valence-electron chi connectivity index (χ3n) is 2.53. The van der Waals surface area contributed by atoms with E-state index in [0.29, 0.717) is 5.75 Å². The number of nitrogens with zero attached hydrogens (tertiary/aromatic N) is 2. The highest BCUT2D eigenvalue weighted by Crippen LogP contribution is 2.24. The molecule has 0 radical (unpaired) electrons. The molecule has 0 spiro atoms. The van der Waals surface area contributed by atoms with Crippen LogP contribution in [0.5, 0.6) is 11.6 Å². The quantitative estimate of drug-likeness (QED) is 0.644. The highest BCUT2D eigenvalue weighted by Gasteiger charge is 2.09. The lowest BCUT2D eigenvalue weighted by Gasteiger charge is -2.08. The molecule has 94 valence electrons. The summed E-state index contributed by atoms with van der Waals surface area (Å²) in [5.74, 6) is 4.95. The molecule has 1 aromatic heterocycles. The van der Waals surface area contributed by atoms with Crippen LogP contribution in [0.4, 0.5) is 10.3 Å². The summed E-state index contributed by atoms with van der Waals surface area (Å²) in [6, 6.07) is 5.46. The number of nitrogen functional groups attached to an aromatic ring is 1. The van der Waals surface area contributed by atoms with E-state index in [1.807, 2.05) is 26.0 Å². The number of ether oxygens (including phenoxy) is 1. The second-order valence-electron chi connectivity index (χ2n) is 3.84. The van der Waals surface area contributed by atoms with Crippen LogP contribution in [0.25, 0.3) is 0 Å². The van der Waals surface area contributed by atoms with Gasteiger partial charge in [0.05, 0.1) is 6.20 Å². The molecular weight excluding hydrogens is 235 g/mol. The zero-order valence-corrected chi connectivity index (χ0v) is 10.1. The Labute approximate surface area is 104 Å². The maximum Gasteiger partial charge on any atom is 0.260 e. The number of nitrogens with two attached hydrogens (primary N) is 1. The third kappa shape index (κ3) is 2.54. The van der Waals surface area contributed by atoms with E-state index in [0.717, 1.165) is 17.3 Å². The van der Waals surface area contributed by atoms with Crippen LogP contribution in [-0.4, -0.2) is 9.97 Å². The van der Waals surface area contributed by atoms with Crippen LogP contribution in [0.2, 0.25) is 0 Å². The molecule has 2 aromatic rings. The van der Waals surface area contributed by atoms with Crippen LogP contribution < -0.4 is 16.0 Å². The number of aryl methyl sites for hydroxylation is 2. The van der Waals surface area contributed by atoms with E-state index in [-0.39, 0.29) is 11.8 Å². The minimum Gasteiger partial charge on any atom is -0.436 e. The average molecular weight is 248 g/mol. The summed E-state index contributed by atoms with van der Waals surface area (Å²) in [5, 5.41) is 0. The van der Waals surface area contributed by atoms with Crippen molar-refractivity contribution in [3.8, 4) is 11.6 Å². The van der Waals surface area contributed by atoms with Gasteiger partial charge in [0.1, 0.15) is 5.75 Å². The molecule has 2 rings (SSSR count). The minimum absolute atomic E-state index is 0.0928. The molecule has 1 aromatic carbocycles. The lowest BCUT2D eigenvalue weighted by atomic mass is 10.1. The SMILES string of the molecule is Cc1ccc(Oc2nc(NN)ncc2F)cc1C. The van der Waals surface area contributed by atoms with E-state index in [4.69, 9.17) is 10.6 Å². The van der Waals surface area contributed by atoms with Gasteiger partial charge in [0, 0.05) is 0 Å². The maximum absolute atomic E-state index is 13.5. The van der Waals surface area contributed by atoms with Crippen molar-refractivity contribution in [3.05, 3.63) is 41.3 Å². The van der Waals surface area contributed by atoms with Crippen molar-refractivity contribution in [2.75, 3.05) is 5.43 Å². The van der Waals surface area contributed by atoms with Gasteiger partial charge in [-0.05, 0) is 37.1 Å². The van der Waals surface area contributed by atoms with Gasteiger partial charge in [0.2, 0.25) is 11.8 Å². The third-order valence-corrected chi connectivity index (χ3v) is 2.53. The fourth-order valence-electron chi connectivity index (χ4n) is 1.38. The number of hydrogen-bond donors (Lipinski definition) is 2. The number of halogens is 1. The molecule has 0 saturated carbocycles. The van der Waals surface area contributed by atoms with E-state index >= 15 is 0 Å². The summed E-state index contributed by atoms with van der Waals surface area (Å²) >= 11 is 0. The van der Waals surface area contributed by atoms with Crippen molar-refractivity contribution in [3.63, 3.8) is 0 Å². The van der Waals surface area contributed by atoms with E-state index in [9.17, 15) is 4.39 Å². The van der Waals surface area contributed by atoms with Crippen molar-refractivity contribution in [1.29, 1.82) is 0 Å². The first-order valence-corrected chi connectivity index (χ1v) is 5.34. The summed E-state index contributed by atoms with van der Waals surface area (Å²) in [4.78, 5) is 7.42. The molecule has 1 heterocycles. The molecular formula is C12H13FN4O. The van der Waals surface area contributed by atoms with Gasteiger partial charge in [0.25, 0.3) is 5.88 Å². The summed E-state index contributed by atoms with van der Waals surface area (Å²) in [6.45, 7) is 3.94. The normalized spacial score (nSPS) is 10.2. The van der Waals surface area contributed by atoms with Gasteiger partial charge in [-0.15, -0.1) is 0 Å². The second-order valence-corrected chi connectivity index (χ2v) is 3.84. The number of benzene rings is 1. The van der Waals surface area contributed by atoms with Gasteiger partial charge in [-0.25, -0.2) is 10.8 Å². The fraction of sp³-hybridized carbons (Fsp3) is 0.167. The van der Waals surface area contributed by atoms with E-state index < -0.39 is 5.82 Å². The predicted molar refractivity (Wildman–Crippen MR) is 65.8 cm³/mol. The molecule has 18 heavy (non-hydrogen) atoms. The van der Waals surface area contributed by atoms with Crippen molar-refractivity contribution in [1.82, 2.24) is 9.97 Å². The van der Waals surface area contributed by atoms with Crippen molar-refractivity contribution < 1.29 is 9.13 Å². The zero-order chi connectivity index (χ0) is 13.1. The Hall–Kier alpha value is -2.21. The summed E-state index contributed by atoms with van der Waals surface area (Å²) in [7, 11) is 0. The van der Waals surface area contributed by atoms with Crippen LogP contribution in [-0.2, 0) is 0 Å². The molecule has 0 aliphatic carbocycles. The Morgan fingerprint density at radius 2 is 2.06 bits per heavy atom. The summed E-state index contributed by atoms with van der Waals surface area (Å²) < 4.78 is 18.8. The molecule has 5 nitrogen and oxygen atoms in total. The van der Waals surface area contributed by atoms with Crippen molar-refractivity contribution in [2.24, 2.45) is 5.84 Å². The molecule has 0 aliphatic heterocycles. The fourth-order valence-corrected chi connectivity index (χ4v) is 1.38.